The number of benzene rings is 2. The number of nitrogens with two attached hydrogens (primary N) is 8. The zero-order chi connectivity index (χ0) is 73.7. The van der Waals surface area contributed by atoms with Gasteiger partial charge in [-0.1, -0.05) is 76.6 Å². The van der Waals surface area contributed by atoms with Gasteiger partial charge in [0.25, 0.3) is 0 Å². The van der Waals surface area contributed by atoms with Crippen LogP contribution < -0.4 is 93.7 Å². The molecule has 34 heteroatoms. The van der Waals surface area contributed by atoms with Crippen molar-refractivity contribution in [2.45, 2.75) is 197 Å². The number of hydrogen-bond donors (Lipinski definition) is 19. The van der Waals surface area contributed by atoms with Gasteiger partial charge in [-0.15, -0.1) is 0 Å². The number of hydrogen-bond acceptors (Lipinski definition) is 18. The van der Waals surface area contributed by atoms with E-state index < -0.39 is 150 Å². The van der Waals surface area contributed by atoms with Crippen molar-refractivity contribution in [1.82, 2.24) is 52.8 Å². The highest BCUT2D eigenvalue weighted by Crippen LogP contribution is 2.22. The molecule has 0 spiro atoms. The lowest BCUT2D eigenvalue weighted by atomic mass is 9.96. The third-order valence-corrected chi connectivity index (χ3v) is 16.4. The second-order valence-electron chi connectivity index (χ2n) is 25.0. The van der Waals surface area contributed by atoms with Gasteiger partial charge in [-0.3, -0.25) is 67.5 Å². The standard InChI is InChI=1S/C65H106N20O14/c1-5-38(4)53(62(98)81-46(21-14-30-75-65(72)73)63(99)85-31-15-22-50(85)61(97)78-43(54(69)90)18-9-11-27-66)84-57(93)44(19-10-12-28-67)79-56(92)45(20-13-29-74-64(70)71)80-58(94)47(32-37(2)3)82-59(95)48(34-39-16-7-6-8-17-39)83-60(96)49(35-52(88)89)77-51(87)36-76-55(91)42(68)33-40-23-25-41(86)26-24-40/h6-8,16-17,23-26,37-38,42-50,53,86H,5,9-15,18-22,27-36,66-68H2,1-4H3,(H2,69,90)(H,76,91)(H,77,87)(H,78,97)(H,79,92)(H,80,94)(H,81,98)(H,82,95)(H,83,96)(H,84,93)(H,88,89)(H4,70,71,74)(H4,72,73,75)/t38-,42-,43+,44-,45-,46-,47-,48-,49-,50+,53-/m0/s1. The highest BCUT2D eigenvalue weighted by atomic mass is 16.4. The molecule has 1 aliphatic rings. The van der Waals surface area contributed by atoms with Crippen LogP contribution in [0.1, 0.15) is 135 Å². The van der Waals surface area contributed by atoms with Crippen molar-refractivity contribution in [1.29, 1.82) is 0 Å². The molecule has 2 aromatic carbocycles. The molecule has 0 aliphatic carbocycles. The van der Waals surface area contributed by atoms with Gasteiger partial charge in [-0.25, -0.2) is 0 Å². The largest absolute Gasteiger partial charge is 0.508 e. The number of primary amides is 1. The fourth-order valence-corrected chi connectivity index (χ4v) is 10.8. The zero-order valence-electron chi connectivity index (χ0n) is 57.1. The Bertz CT molecular complexity index is 3040. The van der Waals surface area contributed by atoms with Crippen molar-refractivity contribution >= 4 is 82.9 Å². The molecular formula is C65H106N20O14. The molecule has 0 radical (unpaired) electrons. The van der Waals surface area contributed by atoms with Gasteiger partial charge >= 0.3 is 5.97 Å². The van der Waals surface area contributed by atoms with Crippen LogP contribution in [0.2, 0.25) is 0 Å². The van der Waals surface area contributed by atoms with Gasteiger partial charge in [0.2, 0.25) is 65.0 Å². The number of likely N-dealkylation sites (tertiary alicyclic amines) is 1. The van der Waals surface area contributed by atoms with Crippen LogP contribution in [0.4, 0.5) is 0 Å². The molecule has 1 saturated heterocycles. The van der Waals surface area contributed by atoms with Gasteiger partial charge in [0.15, 0.2) is 11.9 Å². The zero-order valence-corrected chi connectivity index (χ0v) is 57.1. The summed E-state index contributed by atoms with van der Waals surface area (Å²) in [5, 5.41) is 43.0. The number of carboxylic acid groups (broad SMARTS) is 1. The summed E-state index contributed by atoms with van der Waals surface area (Å²) in [7, 11) is 0. The molecule has 27 N–H and O–H groups in total. The van der Waals surface area contributed by atoms with E-state index in [2.05, 4.69) is 57.8 Å². The minimum Gasteiger partial charge on any atom is -0.508 e. The van der Waals surface area contributed by atoms with Crippen LogP contribution in [-0.2, 0) is 70.4 Å². The van der Waals surface area contributed by atoms with Crippen molar-refractivity contribution in [3.63, 3.8) is 0 Å². The number of aliphatic imine (C=N–C) groups is 2. The monoisotopic (exact) mass is 1390 g/mol. The molecule has 0 bridgehead atoms. The van der Waals surface area contributed by atoms with E-state index >= 15 is 0 Å². The number of aliphatic carboxylic acids is 1. The molecule has 0 aromatic heterocycles. The number of phenolic OH excluding ortho intramolecular Hbond substituents is 1. The molecule has 0 saturated carbocycles. The first-order valence-corrected chi connectivity index (χ1v) is 33.6. The summed E-state index contributed by atoms with van der Waals surface area (Å²) in [5.41, 5.74) is 46.7. The summed E-state index contributed by atoms with van der Waals surface area (Å²) < 4.78 is 0. The third-order valence-electron chi connectivity index (χ3n) is 16.4. The normalized spacial score (nSPS) is 15.6. The van der Waals surface area contributed by atoms with E-state index in [9.17, 15) is 67.7 Å². The minimum atomic E-state index is -1.79. The molecule has 1 fully saturated rings. The summed E-state index contributed by atoms with van der Waals surface area (Å²) in [4.78, 5) is 176. The SMILES string of the molecule is CC[C@H](C)[C@H](NC(=O)[C@H](CCCCN)NC(=O)[C@H](CCCN=C(N)N)NC(=O)[C@H](CC(C)C)NC(=O)[C@H](Cc1ccccc1)NC(=O)[C@H](CC(=O)O)NC(=O)CNC(=O)[C@@H](N)Cc1ccc(O)cc1)C(=O)N[C@@H](CCCN=C(N)N)C(=O)N1CCC[C@@H]1C(=O)N[C@H](CCCCN)C(N)=O. The Hall–Kier alpha value is -9.70. The Kier molecular flexibility index (Phi) is 37.3. The molecular weight excluding hydrogens is 1280 g/mol. The number of guanidine groups is 2. The number of phenols is 1. The van der Waals surface area contributed by atoms with E-state index in [0.717, 1.165) is 0 Å². The van der Waals surface area contributed by atoms with Crippen molar-refractivity contribution in [3.05, 3.63) is 65.7 Å². The topological polar surface area (TPSA) is 590 Å². The number of nitrogens with one attached hydrogen (secondary N) is 9. The summed E-state index contributed by atoms with van der Waals surface area (Å²) in [6, 6.07) is 0.938. The van der Waals surface area contributed by atoms with Crippen LogP contribution in [0.5, 0.6) is 5.75 Å². The van der Waals surface area contributed by atoms with Crippen molar-refractivity contribution in [2.24, 2.45) is 67.7 Å². The third kappa shape index (κ3) is 31.1. The van der Waals surface area contributed by atoms with Gasteiger partial charge in [0.1, 0.15) is 60.1 Å². The molecule has 11 amide bonds. The van der Waals surface area contributed by atoms with Crippen molar-refractivity contribution in [2.75, 3.05) is 39.3 Å². The fourth-order valence-electron chi connectivity index (χ4n) is 10.8. The van der Waals surface area contributed by atoms with E-state index in [0.29, 0.717) is 56.2 Å². The Morgan fingerprint density at radius 1 is 0.556 bits per heavy atom. The van der Waals surface area contributed by atoms with Crippen LogP contribution in [0.15, 0.2) is 64.6 Å². The second kappa shape index (κ2) is 44.3. The summed E-state index contributed by atoms with van der Waals surface area (Å²) in [6.45, 7) is 7.03. The molecule has 550 valence electrons. The van der Waals surface area contributed by atoms with Gasteiger partial charge in [-0.05, 0) is 138 Å². The number of carbonyl (C=O) groups is 12. The van der Waals surface area contributed by atoms with Crippen molar-refractivity contribution in [3.8, 4) is 5.75 Å². The quantitative estimate of drug-likeness (QED) is 0.0170. The molecule has 2 aromatic rings. The lowest BCUT2D eigenvalue weighted by Crippen LogP contribution is -2.61. The lowest BCUT2D eigenvalue weighted by Gasteiger charge is -2.32. The van der Waals surface area contributed by atoms with E-state index in [1.807, 2.05) is 0 Å². The first kappa shape index (κ1) is 83.5. The molecule has 99 heavy (non-hydrogen) atoms. The molecule has 34 nitrogen and oxygen atoms in total. The number of aromatic hydroxyl groups is 1. The molecule has 3 rings (SSSR count). The predicted octanol–water partition coefficient (Wildman–Crippen LogP) is -4.09. The van der Waals surface area contributed by atoms with Crippen LogP contribution in [0.3, 0.4) is 0 Å². The van der Waals surface area contributed by atoms with Gasteiger partial charge in [-0.2, -0.15) is 0 Å². The summed E-state index contributed by atoms with van der Waals surface area (Å²) in [5.74, 6) is -12.0. The van der Waals surface area contributed by atoms with Crippen LogP contribution in [0.25, 0.3) is 0 Å². The number of carboxylic acids is 1. The Morgan fingerprint density at radius 2 is 1.05 bits per heavy atom. The Balaban J connectivity index is 1.95. The van der Waals surface area contributed by atoms with E-state index in [4.69, 9.17) is 45.9 Å². The maximum atomic E-state index is 14.7. The lowest BCUT2D eigenvalue weighted by molar-refractivity contribution is -0.142. The molecule has 1 heterocycles. The number of nitrogens with zero attached hydrogens (tertiary/aromatic N) is 3. The second-order valence-corrected chi connectivity index (χ2v) is 25.0. The highest BCUT2D eigenvalue weighted by molar-refractivity contribution is 5.99. The van der Waals surface area contributed by atoms with Gasteiger partial charge < -0.3 is 109 Å². The van der Waals surface area contributed by atoms with Crippen molar-refractivity contribution < 1.29 is 67.7 Å². The first-order valence-electron chi connectivity index (χ1n) is 33.6. The Labute approximate surface area is 577 Å². The fraction of sp³-hybridized carbons (Fsp3) is 0.600. The minimum absolute atomic E-state index is 0.000393. The highest BCUT2D eigenvalue weighted by Gasteiger charge is 2.41. The maximum Gasteiger partial charge on any atom is 0.305 e. The average molecular weight is 1390 g/mol. The predicted molar refractivity (Wildman–Crippen MR) is 369 cm³/mol. The molecule has 1 aliphatic heterocycles. The summed E-state index contributed by atoms with van der Waals surface area (Å²) in [6.07, 6.45) is 1.96. The van der Waals surface area contributed by atoms with Crippen LogP contribution in [-0.4, -0.2) is 198 Å². The van der Waals surface area contributed by atoms with Gasteiger partial charge in [0.05, 0.1) is 19.0 Å². The van der Waals surface area contributed by atoms with Crippen LogP contribution >= 0.6 is 0 Å². The summed E-state index contributed by atoms with van der Waals surface area (Å²) >= 11 is 0. The van der Waals surface area contributed by atoms with E-state index in [1.54, 1.807) is 70.2 Å². The number of rotatable bonds is 46. The number of amides is 11. The van der Waals surface area contributed by atoms with Gasteiger partial charge in [0, 0.05) is 26.1 Å². The number of carbonyl (C=O) groups excluding carboxylic acids is 11. The Morgan fingerprint density at radius 3 is 1.60 bits per heavy atom. The first-order chi connectivity index (χ1) is 47.0. The smallest absolute Gasteiger partial charge is 0.305 e. The molecule has 11 atom stereocenters. The van der Waals surface area contributed by atoms with Crippen LogP contribution in [0, 0.1) is 11.8 Å². The van der Waals surface area contributed by atoms with E-state index in [1.165, 1.54) is 17.0 Å². The maximum absolute atomic E-state index is 14.7. The average Bonchev–Trinajstić information content (AvgIpc) is 1.78. The van der Waals surface area contributed by atoms with E-state index in [-0.39, 0.29) is 114 Å². The number of unbranched alkanes of at least 4 members (excludes halogenated alkanes) is 2. The molecule has 0 unspecified atom stereocenters.